The molecule has 0 heterocycles. The van der Waals surface area contributed by atoms with Crippen LogP contribution in [0.3, 0.4) is 0 Å². The summed E-state index contributed by atoms with van der Waals surface area (Å²) in [4.78, 5) is 5.38. The molecule has 0 amide bonds. The summed E-state index contributed by atoms with van der Waals surface area (Å²) in [6, 6.07) is 64.5. The van der Waals surface area contributed by atoms with Gasteiger partial charge in [-0.1, -0.05) is 182 Å². The van der Waals surface area contributed by atoms with Crippen LogP contribution in [0.1, 0.15) is 23.2 Å². The molecule has 0 aliphatic heterocycles. The maximum atomic E-state index is 5.38. The van der Waals surface area contributed by atoms with Crippen LogP contribution in [0.5, 0.6) is 0 Å². The molecule has 2 nitrogen and oxygen atoms in total. The lowest BCUT2D eigenvalue weighted by Crippen LogP contribution is -2.23. The van der Waals surface area contributed by atoms with E-state index < -0.39 is 15.8 Å². The molecule has 6 aromatic rings. The third-order valence-corrected chi connectivity index (χ3v) is 12.4. The zero-order chi connectivity index (χ0) is 31.2. The van der Waals surface area contributed by atoms with Crippen LogP contribution in [0.2, 0.25) is 0 Å². The highest BCUT2D eigenvalue weighted by Gasteiger charge is 2.24. The van der Waals surface area contributed by atoms with Crippen LogP contribution in [-0.2, 0) is 0 Å². The van der Waals surface area contributed by atoms with Crippen molar-refractivity contribution in [3.05, 3.63) is 205 Å². The predicted molar refractivity (Wildman–Crippen MR) is 202 cm³/mol. The second-order valence-electron chi connectivity index (χ2n) is 10.9. The topological polar surface area (TPSA) is 24.4 Å². The first-order chi connectivity index (χ1) is 22.9. The Labute approximate surface area is 276 Å². The normalized spacial score (nSPS) is 12.9. The Morgan fingerprint density at radius 3 is 1.33 bits per heavy atom. The highest BCUT2D eigenvalue weighted by molar-refractivity contribution is 7.75. The lowest BCUT2D eigenvalue weighted by Gasteiger charge is -2.26. The first-order valence-electron chi connectivity index (χ1n) is 15.7. The number of aliphatic imine (C=N–C) groups is 1. The van der Waals surface area contributed by atoms with Gasteiger partial charge >= 0.3 is 0 Å². The summed E-state index contributed by atoms with van der Waals surface area (Å²) in [5.74, 6) is 2.34. The summed E-state index contributed by atoms with van der Waals surface area (Å²) in [5.41, 5.74) is 2.39. The van der Waals surface area contributed by atoms with E-state index in [0.29, 0.717) is 0 Å². The minimum Gasteiger partial charge on any atom is -0.382 e. The fourth-order valence-corrected chi connectivity index (χ4v) is 9.49. The standard InChI is InChI=1S/C42H38N2P2/c1-7-19-35(20-8-1)41(43-31-33-45(37-23-11-3-12-24-37)38-25-13-4-14-26-38)42(36-21-9-2-10-22-36)44-32-34-46(39-27-15-5-16-28-39)40-29-17-6-18-30-40/h1-33,41-43H,34H2/b33-31-,44-32+/t41-,42-/m0/s1. The molecule has 6 aromatic carbocycles. The summed E-state index contributed by atoms with van der Waals surface area (Å²) in [7, 11) is -1.25. The molecule has 6 rings (SSSR count). The Kier molecular flexibility index (Phi) is 11.3. The largest absolute Gasteiger partial charge is 0.382 e. The third kappa shape index (κ3) is 8.35. The maximum absolute atomic E-state index is 5.38. The van der Waals surface area contributed by atoms with Gasteiger partial charge in [0.1, 0.15) is 0 Å². The van der Waals surface area contributed by atoms with Crippen LogP contribution in [0.25, 0.3) is 0 Å². The average molecular weight is 633 g/mol. The van der Waals surface area contributed by atoms with Gasteiger partial charge in [0.05, 0.1) is 12.1 Å². The first-order valence-corrected chi connectivity index (χ1v) is 18.6. The second-order valence-corrected chi connectivity index (χ2v) is 15.2. The van der Waals surface area contributed by atoms with E-state index in [9.17, 15) is 0 Å². The van der Waals surface area contributed by atoms with Crippen molar-refractivity contribution in [1.29, 1.82) is 0 Å². The van der Waals surface area contributed by atoms with E-state index in [1.807, 2.05) is 0 Å². The molecule has 0 radical (unpaired) electrons. The molecule has 0 aliphatic rings. The quantitative estimate of drug-likeness (QED) is 0.0999. The molecule has 0 fully saturated rings. The van der Waals surface area contributed by atoms with Gasteiger partial charge in [-0.25, -0.2) is 0 Å². The molecule has 0 saturated heterocycles. The van der Waals surface area contributed by atoms with E-state index in [4.69, 9.17) is 4.99 Å². The van der Waals surface area contributed by atoms with Crippen LogP contribution >= 0.6 is 15.8 Å². The van der Waals surface area contributed by atoms with Gasteiger partial charge in [-0.3, -0.25) is 4.99 Å². The summed E-state index contributed by atoms with van der Waals surface area (Å²) in [6.07, 6.45) is 5.21. The van der Waals surface area contributed by atoms with Crippen molar-refractivity contribution in [3.63, 3.8) is 0 Å². The van der Waals surface area contributed by atoms with E-state index >= 15 is 0 Å². The average Bonchev–Trinajstić information content (AvgIpc) is 3.14. The fraction of sp³-hybridized carbons (Fsp3) is 0.0714. The van der Waals surface area contributed by atoms with Crippen molar-refractivity contribution in [2.45, 2.75) is 12.1 Å². The van der Waals surface area contributed by atoms with Crippen LogP contribution in [0, 0.1) is 0 Å². The van der Waals surface area contributed by atoms with E-state index in [0.717, 1.165) is 6.16 Å². The third-order valence-electron chi connectivity index (χ3n) is 7.85. The van der Waals surface area contributed by atoms with E-state index in [-0.39, 0.29) is 12.1 Å². The molecule has 0 aliphatic carbocycles. The molecular weight excluding hydrogens is 594 g/mol. The van der Waals surface area contributed by atoms with Crippen LogP contribution in [-0.4, -0.2) is 12.4 Å². The van der Waals surface area contributed by atoms with Gasteiger partial charge in [0, 0.05) is 12.4 Å². The number of nitrogens with one attached hydrogen (secondary N) is 1. The Morgan fingerprint density at radius 1 is 0.478 bits per heavy atom. The summed E-state index contributed by atoms with van der Waals surface area (Å²) in [5, 5.41) is 9.21. The molecule has 4 heteroatoms. The Balaban J connectivity index is 1.33. The number of hydrogen-bond acceptors (Lipinski definition) is 2. The van der Waals surface area contributed by atoms with Crippen molar-refractivity contribution in [2.24, 2.45) is 4.99 Å². The number of benzene rings is 6. The fourth-order valence-electron chi connectivity index (χ4n) is 5.58. The maximum Gasteiger partial charge on any atom is 0.0987 e. The Morgan fingerprint density at radius 2 is 0.870 bits per heavy atom. The van der Waals surface area contributed by atoms with Crippen molar-refractivity contribution < 1.29 is 0 Å². The number of rotatable bonds is 13. The smallest absolute Gasteiger partial charge is 0.0987 e. The lowest BCUT2D eigenvalue weighted by atomic mass is 9.94. The van der Waals surface area contributed by atoms with Gasteiger partial charge < -0.3 is 5.32 Å². The Hall–Kier alpha value is -4.61. The SMILES string of the molecule is C(=C/P(c1ccccc1)c1ccccc1)/N[C@@H](c1ccccc1)[C@@H](/N=C/CP(c1ccccc1)c1ccccc1)c1ccccc1. The van der Waals surface area contributed by atoms with Crippen molar-refractivity contribution in [2.75, 3.05) is 6.16 Å². The molecule has 0 saturated carbocycles. The number of nitrogens with zero attached hydrogens (tertiary/aromatic N) is 1. The molecular formula is C42H38N2P2. The van der Waals surface area contributed by atoms with Gasteiger partial charge in [0.15, 0.2) is 0 Å². The molecule has 0 unspecified atom stereocenters. The van der Waals surface area contributed by atoms with E-state index in [2.05, 4.69) is 206 Å². The second kappa shape index (κ2) is 16.6. The van der Waals surface area contributed by atoms with E-state index in [1.165, 1.54) is 32.3 Å². The molecule has 1 N–H and O–H groups in total. The minimum absolute atomic E-state index is 0.0563. The number of hydrogen-bond donors (Lipinski definition) is 1. The van der Waals surface area contributed by atoms with Crippen LogP contribution < -0.4 is 26.5 Å². The van der Waals surface area contributed by atoms with Gasteiger partial charge in [0.25, 0.3) is 0 Å². The summed E-state index contributed by atoms with van der Waals surface area (Å²) >= 11 is 0. The van der Waals surface area contributed by atoms with Crippen molar-refractivity contribution >= 4 is 43.3 Å². The molecule has 226 valence electrons. The molecule has 2 atom stereocenters. The van der Waals surface area contributed by atoms with Gasteiger partial charge in [0.2, 0.25) is 0 Å². The van der Waals surface area contributed by atoms with Gasteiger partial charge in [-0.2, -0.15) is 0 Å². The monoisotopic (exact) mass is 632 g/mol. The van der Waals surface area contributed by atoms with Crippen LogP contribution in [0.4, 0.5) is 0 Å². The lowest BCUT2D eigenvalue weighted by molar-refractivity contribution is 0.513. The van der Waals surface area contributed by atoms with E-state index in [1.54, 1.807) is 0 Å². The van der Waals surface area contributed by atoms with Crippen molar-refractivity contribution in [1.82, 2.24) is 5.32 Å². The summed E-state index contributed by atoms with van der Waals surface area (Å²) < 4.78 is 0. The highest BCUT2D eigenvalue weighted by atomic mass is 31.1. The van der Waals surface area contributed by atoms with Crippen LogP contribution in [0.15, 0.2) is 199 Å². The zero-order valence-electron chi connectivity index (χ0n) is 25.8. The van der Waals surface area contributed by atoms with Gasteiger partial charge in [-0.15, -0.1) is 0 Å². The highest BCUT2D eigenvalue weighted by Crippen LogP contribution is 2.37. The summed E-state index contributed by atoms with van der Waals surface area (Å²) in [6.45, 7) is 0. The Bertz CT molecular complexity index is 1700. The predicted octanol–water partition coefficient (Wildman–Crippen LogP) is 8.87. The molecule has 0 aromatic heterocycles. The zero-order valence-corrected chi connectivity index (χ0v) is 27.5. The van der Waals surface area contributed by atoms with Gasteiger partial charge in [-0.05, 0) is 60.2 Å². The molecule has 0 spiro atoms. The minimum atomic E-state index is -0.674. The molecule has 0 bridgehead atoms. The first kappa shape index (κ1) is 31.4. The molecule has 46 heavy (non-hydrogen) atoms. The van der Waals surface area contributed by atoms with Crippen molar-refractivity contribution in [3.8, 4) is 0 Å².